The van der Waals surface area contributed by atoms with Crippen LogP contribution in [0.1, 0.15) is 42.4 Å². The first-order valence-corrected chi connectivity index (χ1v) is 14.9. The number of carbonyl (C=O) groups excluding carboxylic acids is 1. The third kappa shape index (κ3) is 6.15. The Hall–Kier alpha value is -3.72. The largest absolute Gasteiger partial charge is 0.494 e. The normalized spacial score (nSPS) is 13.2. The summed E-state index contributed by atoms with van der Waals surface area (Å²) in [5.41, 5.74) is 5.21. The van der Waals surface area contributed by atoms with E-state index in [1.54, 1.807) is 24.3 Å². The summed E-state index contributed by atoms with van der Waals surface area (Å²) < 4.78 is 7.29. The van der Waals surface area contributed by atoms with E-state index in [2.05, 4.69) is 5.32 Å². The number of nitrogens with one attached hydrogen (secondary N) is 1. The molecular weight excluding hydrogens is 556 g/mol. The highest BCUT2D eigenvalue weighted by molar-refractivity contribution is 7.13. The van der Waals surface area contributed by atoms with Gasteiger partial charge in [0, 0.05) is 43.2 Å². The number of allylic oxidation sites excluding steroid dienone is 1. The summed E-state index contributed by atoms with van der Waals surface area (Å²) in [6, 6.07) is 15.0. The average Bonchev–Trinajstić information content (AvgIpc) is 3.45. The Bertz CT molecular complexity index is 1660. The molecule has 0 spiro atoms. The van der Waals surface area contributed by atoms with E-state index < -0.39 is 0 Å². The van der Waals surface area contributed by atoms with Crippen LogP contribution < -0.4 is 15.6 Å². The molecule has 41 heavy (non-hydrogen) atoms. The molecular formula is C32H33ClN4O3S. The molecule has 1 N–H and O–H groups in total. The number of ether oxygens (including phenoxy) is 1. The van der Waals surface area contributed by atoms with E-state index in [-0.39, 0.29) is 11.5 Å². The van der Waals surface area contributed by atoms with E-state index in [1.807, 2.05) is 68.3 Å². The van der Waals surface area contributed by atoms with E-state index in [4.69, 9.17) is 21.3 Å². The molecule has 0 bridgehead atoms. The highest BCUT2D eigenvalue weighted by Gasteiger charge is 2.27. The number of benzene rings is 2. The third-order valence-corrected chi connectivity index (χ3v) is 8.05. The standard InChI is InChI=1S/C32H33ClN4O3S/c1-5-40-23-10-11-26(33)29(17-23)37-28(16-20(2)3)24(31(38)36-14-12-34-13-15-36)18-25(32(37)39)30-35-27(19-41-30)22-8-6-21(4)7-9-22/h6-11,16-19,34H,5,12-15H2,1-4H3. The first-order chi connectivity index (χ1) is 19.8. The fraction of sp³-hybridized carbons (Fsp3) is 0.281. The number of aromatic nitrogens is 2. The van der Waals surface area contributed by atoms with Gasteiger partial charge in [0.25, 0.3) is 11.5 Å². The number of carbonyl (C=O) groups is 1. The van der Waals surface area contributed by atoms with Gasteiger partial charge in [-0.25, -0.2) is 4.98 Å². The average molecular weight is 589 g/mol. The Balaban J connectivity index is 1.78. The highest BCUT2D eigenvalue weighted by Crippen LogP contribution is 2.32. The molecule has 0 aliphatic carbocycles. The lowest BCUT2D eigenvalue weighted by Crippen LogP contribution is -2.47. The first kappa shape index (κ1) is 28.8. The summed E-state index contributed by atoms with van der Waals surface area (Å²) in [5.74, 6) is 0.444. The van der Waals surface area contributed by atoms with Gasteiger partial charge in [0.05, 0.1) is 39.8 Å². The minimum absolute atomic E-state index is 0.138. The molecule has 0 unspecified atom stereocenters. The van der Waals surface area contributed by atoms with Crippen LogP contribution in [0.15, 0.2) is 64.3 Å². The number of pyridine rings is 1. The van der Waals surface area contributed by atoms with Crippen LogP contribution in [-0.4, -0.2) is 53.1 Å². The highest BCUT2D eigenvalue weighted by atomic mass is 35.5. The van der Waals surface area contributed by atoms with Crippen molar-refractivity contribution in [2.75, 3.05) is 32.8 Å². The van der Waals surface area contributed by atoms with Gasteiger partial charge in [0.1, 0.15) is 10.8 Å². The van der Waals surface area contributed by atoms with Crippen LogP contribution in [0.4, 0.5) is 0 Å². The molecule has 5 rings (SSSR count). The maximum Gasteiger partial charge on any atom is 0.265 e. The second-order valence-electron chi connectivity index (χ2n) is 10.2. The van der Waals surface area contributed by atoms with Gasteiger partial charge in [-0.15, -0.1) is 11.3 Å². The zero-order valence-electron chi connectivity index (χ0n) is 23.7. The van der Waals surface area contributed by atoms with E-state index in [0.717, 1.165) is 22.4 Å². The van der Waals surface area contributed by atoms with Crippen molar-refractivity contribution >= 4 is 34.9 Å². The summed E-state index contributed by atoms with van der Waals surface area (Å²) in [6.07, 6.45) is 1.86. The topological polar surface area (TPSA) is 76.5 Å². The molecule has 3 heterocycles. The lowest BCUT2D eigenvalue weighted by atomic mass is 10.0. The molecule has 4 aromatic rings. The smallest absolute Gasteiger partial charge is 0.265 e. The van der Waals surface area contributed by atoms with Crippen molar-refractivity contribution < 1.29 is 9.53 Å². The van der Waals surface area contributed by atoms with Gasteiger partial charge >= 0.3 is 0 Å². The van der Waals surface area contributed by atoms with Crippen LogP contribution in [0, 0.1) is 6.92 Å². The second-order valence-corrected chi connectivity index (χ2v) is 11.5. The minimum Gasteiger partial charge on any atom is -0.494 e. The molecule has 1 aliphatic rings. The van der Waals surface area contributed by atoms with Gasteiger partial charge in [-0.05, 0) is 52.0 Å². The van der Waals surface area contributed by atoms with Crippen LogP contribution >= 0.6 is 22.9 Å². The van der Waals surface area contributed by atoms with Gasteiger partial charge in [0.15, 0.2) is 0 Å². The molecule has 212 valence electrons. The Morgan fingerprint density at radius 3 is 2.54 bits per heavy atom. The molecule has 1 fully saturated rings. The van der Waals surface area contributed by atoms with E-state index >= 15 is 0 Å². The summed E-state index contributed by atoms with van der Waals surface area (Å²) >= 11 is 8.11. The Labute approximate surface area is 249 Å². The predicted octanol–water partition coefficient (Wildman–Crippen LogP) is 6.46. The molecule has 1 saturated heterocycles. The zero-order chi connectivity index (χ0) is 29.1. The molecule has 0 atom stereocenters. The second kappa shape index (κ2) is 12.4. The van der Waals surface area contributed by atoms with E-state index in [0.29, 0.717) is 71.1 Å². The van der Waals surface area contributed by atoms with Gasteiger partial charge in [-0.2, -0.15) is 0 Å². The van der Waals surface area contributed by atoms with Crippen LogP contribution in [0.25, 0.3) is 33.6 Å². The molecule has 7 nitrogen and oxygen atoms in total. The molecule has 0 saturated carbocycles. The quantitative estimate of drug-likeness (QED) is 0.268. The van der Waals surface area contributed by atoms with Crippen LogP contribution in [0.2, 0.25) is 5.02 Å². The van der Waals surface area contributed by atoms with Crippen LogP contribution in [-0.2, 0) is 0 Å². The maximum absolute atomic E-state index is 14.4. The van der Waals surface area contributed by atoms with Crippen LogP contribution in [0.5, 0.6) is 5.75 Å². The fourth-order valence-electron chi connectivity index (χ4n) is 4.82. The number of amides is 1. The predicted molar refractivity (Wildman–Crippen MR) is 168 cm³/mol. The number of hydrogen-bond donors (Lipinski definition) is 1. The Morgan fingerprint density at radius 1 is 1.12 bits per heavy atom. The lowest BCUT2D eigenvalue weighted by molar-refractivity contribution is 0.0735. The number of nitrogens with zero attached hydrogens (tertiary/aromatic N) is 3. The maximum atomic E-state index is 14.4. The summed E-state index contributed by atoms with van der Waals surface area (Å²) in [5, 5.41) is 6.14. The molecule has 2 aromatic carbocycles. The summed E-state index contributed by atoms with van der Waals surface area (Å²) in [7, 11) is 0. The lowest BCUT2D eigenvalue weighted by Gasteiger charge is -2.29. The number of halogens is 1. The SMILES string of the molecule is CCOc1ccc(Cl)c(-n2c(C=C(C)C)c(C(=O)N3CCNCC3)cc(-c3nc(-c4ccc(C)cc4)cs3)c2=O)c1. The van der Waals surface area contributed by atoms with E-state index in [9.17, 15) is 9.59 Å². The molecule has 9 heteroatoms. The van der Waals surface area contributed by atoms with Crippen molar-refractivity contribution in [3.63, 3.8) is 0 Å². The number of hydrogen-bond acceptors (Lipinski definition) is 6. The van der Waals surface area contributed by atoms with Crippen molar-refractivity contribution in [2.24, 2.45) is 0 Å². The first-order valence-electron chi connectivity index (χ1n) is 13.7. The fourth-order valence-corrected chi connectivity index (χ4v) is 5.86. The molecule has 1 aliphatic heterocycles. The van der Waals surface area contributed by atoms with Gasteiger partial charge in [-0.3, -0.25) is 14.2 Å². The van der Waals surface area contributed by atoms with Gasteiger partial charge < -0.3 is 15.0 Å². The molecule has 2 aromatic heterocycles. The summed E-state index contributed by atoms with van der Waals surface area (Å²) in [4.78, 5) is 35.1. The van der Waals surface area contributed by atoms with Crippen molar-refractivity contribution in [2.45, 2.75) is 27.7 Å². The van der Waals surface area contributed by atoms with Gasteiger partial charge in [0.2, 0.25) is 0 Å². The van der Waals surface area contributed by atoms with Gasteiger partial charge in [-0.1, -0.05) is 47.0 Å². The number of aryl methyl sites for hydroxylation is 1. The zero-order valence-corrected chi connectivity index (χ0v) is 25.2. The number of piperazine rings is 1. The van der Waals surface area contributed by atoms with Crippen molar-refractivity contribution in [3.05, 3.63) is 91.7 Å². The van der Waals surface area contributed by atoms with Crippen molar-refractivity contribution in [1.82, 2.24) is 19.8 Å². The molecule has 1 amide bonds. The number of rotatable bonds is 7. The Morgan fingerprint density at radius 2 is 1.85 bits per heavy atom. The monoisotopic (exact) mass is 588 g/mol. The molecule has 0 radical (unpaired) electrons. The number of thiazole rings is 1. The van der Waals surface area contributed by atoms with Crippen molar-refractivity contribution in [3.8, 4) is 33.3 Å². The summed E-state index contributed by atoms with van der Waals surface area (Å²) in [6.45, 7) is 10.9. The third-order valence-electron chi connectivity index (χ3n) is 6.85. The van der Waals surface area contributed by atoms with E-state index in [1.165, 1.54) is 15.9 Å². The minimum atomic E-state index is -0.310. The van der Waals surface area contributed by atoms with Crippen LogP contribution in [0.3, 0.4) is 0 Å². The van der Waals surface area contributed by atoms with Crippen molar-refractivity contribution in [1.29, 1.82) is 0 Å². The Kier molecular flexibility index (Phi) is 8.73.